The Balaban J connectivity index is 2.59. The highest BCUT2D eigenvalue weighted by atomic mass is 35.5. The van der Waals surface area contributed by atoms with E-state index in [1.54, 1.807) is 25.1 Å². The zero-order valence-electron chi connectivity index (χ0n) is 13.3. The third-order valence-corrected chi connectivity index (χ3v) is 5.70. The second kappa shape index (κ2) is 7.23. The number of methoxy groups -OCH3 is 1. The smallest absolute Gasteiger partial charge is 0.264 e. The van der Waals surface area contributed by atoms with Crippen LogP contribution in [0.2, 0.25) is 5.02 Å². The first kappa shape index (κ1) is 18.3. The molecule has 0 radical (unpaired) electrons. The molecule has 0 saturated carbocycles. The Morgan fingerprint density at radius 1 is 1.33 bits per heavy atom. The molecule has 4 nitrogen and oxygen atoms in total. The summed E-state index contributed by atoms with van der Waals surface area (Å²) in [6, 6.07) is 8.48. The number of halogens is 2. The van der Waals surface area contributed by atoms with Crippen molar-refractivity contribution in [1.29, 1.82) is 0 Å². The zero-order valence-corrected chi connectivity index (χ0v) is 14.9. The average Bonchev–Trinajstić information content (AvgIpc) is 2.55. The first-order valence-electron chi connectivity index (χ1n) is 7.05. The molecule has 0 amide bonds. The Hall–Kier alpha value is -2.05. The summed E-state index contributed by atoms with van der Waals surface area (Å²) in [5, 5.41) is 0.442. The van der Waals surface area contributed by atoms with E-state index in [2.05, 4.69) is 6.58 Å². The average molecular weight is 370 g/mol. The van der Waals surface area contributed by atoms with Crippen molar-refractivity contribution in [2.24, 2.45) is 0 Å². The largest absolute Gasteiger partial charge is 0.494 e. The molecule has 0 aliphatic carbocycles. The predicted molar refractivity (Wildman–Crippen MR) is 93.9 cm³/mol. The topological polar surface area (TPSA) is 46.6 Å². The molecule has 0 fully saturated rings. The van der Waals surface area contributed by atoms with Crippen LogP contribution < -0.4 is 9.04 Å². The van der Waals surface area contributed by atoms with Crippen LogP contribution in [-0.2, 0) is 10.0 Å². The normalized spacial score (nSPS) is 11.2. The molecule has 0 unspecified atom stereocenters. The molecule has 2 aromatic rings. The Morgan fingerprint density at radius 2 is 2.04 bits per heavy atom. The van der Waals surface area contributed by atoms with Crippen LogP contribution in [0.4, 0.5) is 10.1 Å². The molecule has 128 valence electrons. The lowest BCUT2D eigenvalue weighted by atomic mass is 10.2. The summed E-state index contributed by atoms with van der Waals surface area (Å²) >= 11 is 6.10. The number of hydrogen-bond donors (Lipinski definition) is 0. The first-order valence-corrected chi connectivity index (χ1v) is 8.87. The second-order valence-electron chi connectivity index (χ2n) is 5.01. The summed E-state index contributed by atoms with van der Waals surface area (Å²) < 4.78 is 45.8. The number of anilines is 1. The lowest BCUT2D eigenvalue weighted by molar-refractivity contribution is 0.385. The highest BCUT2D eigenvalue weighted by Gasteiger charge is 2.26. The van der Waals surface area contributed by atoms with E-state index >= 15 is 0 Å². The molecule has 0 spiro atoms. The minimum atomic E-state index is -4.00. The van der Waals surface area contributed by atoms with E-state index in [1.165, 1.54) is 25.3 Å². The van der Waals surface area contributed by atoms with Gasteiger partial charge in [-0.25, -0.2) is 12.8 Å². The van der Waals surface area contributed by atoms with Crippen LogP contribution >= 0.6 is 11.6 Å². The van der Waals surface area contributed by atoms with Crippen molar-refractivity contribution < 1.29 is 17.5 Å². The SMILES string of the molecule is C=CCN(c1cccc(Cl)c1C)S(=O)(=O)c1ccc(OC)c(F)c1. The number of hydrogen-bond acceptors (Lipinski definition) is 3. The molecule has 24 heavy (non-hydrogen) atoms. The zero-order chi connectivity index (χ0) is 17.9. The van der Waals surface area contributed by atoms with Gasteiger partial charge in [-0.15, -0.1) is 6.58 Å². The molecule has 0 aliphatic heterocycles. The van der Waals surface area contributed by atoms with Gasteiger partial charge in [0.25, 0.3) is 10.0 Å². The summed E-state index contributed by atoms with van der Waals surface area (Å²) in [7, 11) is -2.68. The molecular weight excluding hydrogens is 353 g/mol. The molecule has 7 heteroatoms. The standard InChI is InChI=1S/C17H17ClFNO3S/c1-4-10-20(16-7-5-6-14(18)12(16)2)24(21,22)13-8-9-17(23-3)15(19)11-13/h4-9,11H,1,10H2,2-3H3. The van der Waals surface area contributed by atoms with Gasteiger partial charge in [0.1, 0.15) is 0 Å². The maximum absolute atomic E-state index is 13.9. The van der Waals surface area contributed by atoms with E-state index in [1.807, 2.05) is 0 Å². The number of nitrogens with zero attached hydrogens (tertiary/aromatic N) is 1. The molecular formula is C17H17ClFNO3S. The van der Waals surface area contributed by atoms with Gasteiger partial charge in [0.2, 0.25) is 0 Å². The molecule has 0 heterocycles. The first-order chi connectivity index (χ1) is 11.3. The van der Waals surface area contributed by atoms with Crippen molar-refractivity contribution >= 4 is 27.3 Å². The molecule has 0 bridgehead atoms. The van der Waals surface area contributed by atoms with Gasteiger partial charge in [-0.05, 0) is 42.8 Å². The van der Waals surface area contributed by atoms with Crippen molar-refractivity contribution in [2.45, 2.75) is 11.8 Å². The summed E-state index contributed by atoms with van der Waals surface area (Å²) in [5.74, 6) is -0.775. The van der Waals surface area contributed by atoms with E-state index in [4.69, 9.17) is 16.3 Å². The van der Waals surface area contributed by atoms with Gasteiger partial charge in [-0.3, -0.25) is 4.31 Å². The summed E-state index contributed by atoms with van der Waals surface area (Å²) in [4.78, 5) is -0.179. The van der Waals surface area contributed by atoms with Gasteiger partial charge < -0.3 is 4.74 Å². The maximum atomic E-state index is 13.9. The van der Waals surface area contributed by atoms with Gasteiger partial charge in [0.15, 0.2) is 11.6 Å². The van der Waals surface area contributed by atoms with Crippen LogP contribution in [0.25, 0.3) is 0 Å². The van der Waals surface area contributed by atoms with E-state index in [-0.39, 0.29) is 17.2 Å². The number of rotatable bonds is 6. The van der Waals surface area contributed by atoms with E-state index < -0.39 is 15.8 Å². The van der Waals surface area contributed by atoms with E-state index in [0.29, 0.717) is 16.3 Å². The fourth-order valence-corrected chi connectivity index (χ4v) is 3.92. The number of ether oxygens (including phenoxy) is 1. The minimum Gasteiger partial charge on any atom is -0.494 e. The second-order valence-corrected chi connectivity index (χ2v) is 7.27. The van der Waals surface area contributed by atoms with Gasteiger partial charge >= 0.3 is 0 Å². The van der Waals surface area contributed by atoms with Gasteiger partial charge in [-0.2, -0.15) is 0 Å². The fraction of sp³-hybridized carbons (Fsp3) is 0.176. The summed E-state index contributed by atoms with van der Waals surface area (Å²) in [6.07, 6.45) is 1.46. The monoisotopic (exact) mass is 369 g/mol. The van der Waals surface area contributed by atoms with Gasteiger partial charge in [0.05, 0.1) is 24.2 Å². The molecule has 0 saturated heterocycles. The fourth-order valence-electron chi connectivity index (χ4n) is 2.24. The number of benzene rings is 2. The molecule has 0 N–H and O–H groups in total. The Kier molecular flexibility index (Phi) is 5.51. The van der Waals surface area contributed by atoms with Crippen molar-refractivity contribution in [3.8, 4) is 5.75 Å². The number of sulfonamides is 1. The lowest BCUT2D eigenvalue weighted by Gasteiger charge is -2.25. The van der Waals surface area contributed by atoms with Crippen LogP contribution in [0.1, 0.15) is 5.56 Å². The van der Waals surface area contributed by atoms with Crippen molar-refractivity contribution in [3.63, 3.8) is 0 Å². The van der Waals surface area contributed by atoms with Crippen molar-refractivity contribution in [3.05, 3.63) is 65.5 Å². The maximum Gasteiger partial charge on any atom is 0.264 e. The van der Waals surface area contributed by atoms with Gasteiger partial charge in [0, 0.05) is 5.02 Å². The minimum absolute atomic E-state index is 0.0249. The van der Waals surface area contributed by atoms with Crippen LogP contribution in [-0.4, -0.2) is 22.1 Å². The van der Waals surface area contributed by atoms with Crippen LogP contribution in [0.3, 0.4) is 0 Å². The van der Waals surface area contributed by atoms with E-state index in [9.17, 15) is 12.8 Å². The van der Waals surface area contributed by atoms with Gasteiger partial charge in [-0.1, -0.05) is 23.7 Å². The van der Waals surface area contributed by atoms with Crippen LogP contribution in [0, 0.1) is 12.7 Å². The molecule has 2 rings (SSSR count). The Bertz CT molecular complexity index is 868. The van der Waals surface area contributed by atoms with Crippen LogP contribution in [0.5, 0.6) is 5.75 Å². The van der Waals surface area contributed by atoms with Crippen molar-refractivity contribution in [2.75, 3.05) is 18.0 Å². The van der Waals surface area contributed by atoms with E-state index in [0.717, 1.165) is 10.4 Å². The molecule has 0 aliphatic rings. The highest BCUT2D eigenvalue weighted by Crippen LogP contribution is 2.31. The Morgan fingerprint density at radius 3 is 2.62 bits per heavy atom. The predicted octanol–water partition coefficient (Wildman–Crippen LogP) is 4.18. The molecule has 0 atom stereocenters. The summed E-state index contributed by atoms with van der Waals surface area (Å²) in [5.41, 5.74) is 1.03. The third-order valence-electron chi connectivity index (χ3n) is 3.51. The van der Waals surface area contributed by atoms with Crippen molar-refractivity contribution in [1.82, 2.24) is 0 Å². The Labute approximate surface area is 146 Å². The quantitative estimate of drug-likeness (QED) is 0.718. The molecule has 2 aromatic carbocycles. The summed E-state index contributed by atoms with van der Waals surface area (Å²) in [6.45, 7) is 5.34. The third kappa shape index (κ3) is 3.39. The highest BCUT2D eigenvalue weighted by molar-refractivity contribution is 7.92. The van der Waals surface area contributed by atoms with Crippen LogP contribution in [0.15, 0.2) is 53.9 Å². The molecule has 0 aromatic heterocycles. The lowest BCUT2D eigenvalue weighted by Crippen LogP contribution is -2.32.